The zero-order chi connectivity index (χ0) is 9.97. The molecule has 1 atom stereocenters. The van der Waals surface area contributed by atoms with Gasteiger partial charge in [0.25, 0.3) is 0 Å². The van der Waals surface area contributed by atoms with Crippen molar-refractivity contribution >= 4 is 0 Å². The van der Waals surface area contributed by atoms with E-state index >= 15 is 0 Å². The van der Waals surface area contributed by atoms with E-state index in [1.165, 1.54) is 0 Å². The molecule has 1 aromatic heterocycles. The average molecular weight is 195 g/mol. The molecule has 0 saturated carbocycles. The summed E-state index contributed by atoms with van der Waals surface area (Å²) in [4.78, 5) is 0. The lowest BCUT2D eigenvalue weighted by atomic mass is 10.00. The summed E-state index contributed by atoms with van der Waals surface area (Å²) in [6, 6.07) is 0. The first kappa shape index (κ1) is 9.65. The smallest absolute Gasteiger partial charge is 0.138 e. The van der Waals surface area contributed by atoms with Gasteiger partial charge in [0, 0.05) is 18.9 Å². The van der Waals surface area contributed by atoms with Crippen molar-refractivity contribution in [1.82, 2.24) is 14.8 Å². The van der Waals surface area contributed by atoms with Gasteiger partial charge in [-0.3, -0.25) is 0 Å². The Kier molecular flexibility index (Phi) is 2.82. The van der Waals surface area contributed by atoms with Gasteiger partial charge in [-0.2, -0.15) is 0 Å². The fourth-order valence-corrected chi connectivity index (χ4v) is 2.10. The molecular weight excluding hydrogens is 178 g/mol. The fourth-order valence-electron chi connectivity index (χ4n) is 2.10. The number of aliphatic hydroxyl groups excluding tert-OH is 1. The first-order valence-electron chi connectivity index (χ1n) is 5.39. The van der Waals surface area contributed by atoms with Gasteiger partial charge >= 0.3 is 0 Å². The summed E-state index contributed by atoms with van der Waals surface area (Å²) in [5, 5.41) is 17.6. The summed E-state index contributed by atoms with van der Waals surface area (Å²) in [5.74, 6) is 2.28. The third-order valence-corrected chi connectivity index (χ3v) is 2.85. The van der Waals surface area contributed by atoms with Crippen LogP contribution in [-0.2, 0) is 13.0 Å². The Morgan fingerprint density at radius 3 is 3.07 bits per heavy atom. The molecule has 0 spiro atoms. The van der Waals surface area contributed by atoms with E-state index in [1.54, 1.807) is 0 Å². The second-order valence-corrected chi connectivity index (χ2v) is 3.90. The molecule has 2 rings (SSSR count). The summed E-state index contributed by atoms with van der Waals surface area (Å²) in [7, 11) is 0. The van der Waals surface area contributed by atoms with Crippen LogP contribution in [0.3, 0.4) is 0 Å². The minimum absolute atomic E-state index is 0.199. The summed E-state index contributed by atoms with van der Waals surface area (Å²) >= 11 is 0. The molecule has 0 amide bonds. The van der Waals surface area contributed by atoms with Crippen molar-refractivity contribution in [3.8, 4) is 0 Å². The Hall–Kier alpha value is -0.900. The Bertz CT molecular complexity index is 308. The SMILES string of the molecule is CCCc1nnc2n1CCCC2CO. The molecule has 14 heavy (non-hydrogen) atoms. The predicted octanol–water partition coefficient (Wildman–Crippen LogP) is 1.10. The van der Waals surface area contributed by atoms with E-state index in [9.17, 15) is 5.11 Å². The van der Waals surface area contributed by atoms with Crippen LogP contribution < -0.4 is 0 Å². The molecule has 2 heterocycles. The van der Waals surface area contributed by atoms with Crippen molar-refractivity contribution in [3.63, 3.8) is 0 Å². The van der Waals surface area contributed by atoms with Gasteiger partial charge in [0.1, 0.15) is 11.6 Å². The monoisotopic (exact) mass is 195 g/mol. The zero-order valence-electron chi connectivity index (χ0n) is 8.61. The number of aliphatic hydroxyl groups is 1. The van der Waals surface area contributed by atoms with Gasteiger partial charge in [0.15, 0.2) is 0 Å². The highest BCUT2D eigenvalue weighted by molar-refractivity contribution is 5.05. The standard InChI is InChI=1S/C10H17N3O/c1-2-4-9-11-12-10-8(7-14)5-3-6-13(9)10/h8,14H,2-7H2,1H3. The number of aromatic nitrogens is 3. The highest BCUT2D eigenvalue weighted by atomic mass is 16.3. The second kappa shape index (κ2) is 4.09. The first-order valence-corrected chi connectivity index (χ1v) is 5.39. The van der Waals surface area contributed by atoms with E-state index in [-0.39, 0.29) is 12.5 Å². The molecule has 0 bridgehead atoms. The molecule has 1 aromatic rings. The van der Waals surface area contributed by atoms with Crippen molar-refractivity contribution < 1.29 is 5.11 Å². The van der Waals surface area contributed by atoms with Gasteiger partial charge < -0.3 is 9.67 Å². The molecular formula is C10H17N3O. The fraction of sp³-hybridized carbons (Fsp3) is 0.800. The first-order chi connectivity index (χ1) is 6.86. The number of aryl methyl sites for hydroxylation is 1. The predicted molar refractivity (Wildman–Crippen MR) is 53.1 cm³/mol. The molecule has 0 fully saturated rings. The Labute approximate surface area is 84.0 Å². The van der Waals surface area contributed by atoms with Gasteiger partial charge in [0.2, 0.25) is 0 Å². The zero-order valence-corrected chi connectivity index (χ0v) is 8.61. The molecule has 1 N–H and O–H groups in total. The Balaban J connectivity index is 2.28. The van der Waals surface area contributed by atoms with Crippen molar-refractivity contribution in [3.05, 3.63) is 11.6 Å². The van der Waals surface area contributed by atoms with Crippen LogP contribution >= 0.6 is 0 Å². The van der Waals surface area contributed by atoms with Crippen LogP contribution in [0.1, 0.15) is 43.8 Å². The third kappa shape index (κ3) is 1.54. The summed E-state index contributed by atoms with van der Waals surface area (Å²) in [6.45, 7) is 3.37. The maximum absolute atomic E-state index is 9.20. The van der Waals surface area contributed by atoms with Gasteiger partial charge in [-0.1, -0.05) is 6.92 Å². The molecule has 78 valence electrons. The van der Waals surface area contributed by atoms with E-state index in [0.29, 0.717) is 0 Å². The van der Waals surface area contributed by atoms with Crippen LogP contribution in [0.4, 0.5) is 0 Å². The van der Waals surface area contributed by atoms with E-state index in [0.717, 1.165) is 43.9 Å². The third-order valence-electron chi connectivity index (χ3n) is 2.85. The van der Waals surface area contributed by atoms with Crippen molar-refractivity contribution in [2.45, 2.75) is 45.1 Å². The largest absolute Gasteiger partial charge is 0.396 e. The van der Waals surface area contributed by atoms with Gasteiger partial charge in [-0.05, 0) is 19.3 Å². The van der Waals surface area contributed by atoms with E-state index < -0.39 is 0 Å². The number of rotatable bonds is 3. The van der Waals surface area contributed by atoms with E-state index in [2.05, 4.69) is 21.7 Å². The molecule has 0 aromatic carbocycles. The number of nitrogens with zero attached hydrogens (tertiary/aromatic N) is 3. The van der Waals surface area contributed by atoms with Crippen molar-refractivity contribution in [2.24, 2.45) is 0 Å². The average Bonchev–Trinajstić information content (AvgIpc) is 2.62. The van der Waals surface area contributed by atoms with Gasteiger partial charge in [0.05, 0.1) is 6.61 Å². The van der Waals surface area contributed by atoms with Crippen molar-refractivity contribution in [1.29, 1.82) is 0 Å². The number of hydrogen-bond donors (Lipinski definition) is 1. The topological polar surface area (TPSA) is 50.9 Å². The van der Waals surface area contributed by atoms with Crippen LogP contribution in [0.25, 0.3) is 0 Å². The van der Waals surface area contributed by atoms with Crippen LogP contribution in [0, 0.1) is 0 Å². The van der Waals surface area contributed by atoms with Crippen LogP contribution in [0.2, 0.25) is 0 Å². The highest BCUT2D eigenvalue weighted by Crippen LogP contribution is 2.25. The minimum Gasteiger partial charge on any atom is -0.396 e. The molecule has 4 heteroatoms. The van der Waals surface area contributed by atoms with Gasteiger partial charge in [-0.25, -0.2) is 0 Å². The molecule has 0 saturated heterocycles. The van der Waals surface area contributed by atoms with Crippen LogP contribution in [-0.4, -0.2) is 26.5 Å². The van der Waals surface area contributed by atoms with Crippen LogP contribution in [0.5, 0.6) is 0 Å². The molecule has 1 aliphatic rings. The van der Waals surface area contributed by atoms with Gasteiger partial charge in [-0.15, -0.1) is 10.2 Å². The lowest BCUT2D eigenvalue weighted by Crippen LogP contribution is -2.20. The molecule has 1 aliphatic heterocycles. The Morgan fingerprint density at radius 2 is 2.36 bits per heavy atom. The second-order valence-electron chi connectivity index (χ2n) is 3.90. The quantitative estimate of drug-likeness (QED) is 0.785. The maximum atomic E-state index is 9.20. The number of fused-ring (bicyclic) bond motifs is 1. The Morgan fingerprint density at radius 1 is 1.50 bits per heavy atom. The lowest BCUT2D eigenvalue weighted by molar-refractivity contribution is 0.237. The lowest BCUT2D eigenvalue weighted by Gasteiger charge is -2.21. The van der Waals surface area contributed by atoms with E-state index in [4.69, 9.17) is 0 Å². The summed E-state index contributed by atoms with van der Waals surface area (Å²) < 4.78 is 2.19. The van der Waals surface area contributed by atoms with Crippen LogP contribution in [0.15, 0.2) is 0 Å². The van der Waals surface area contributed by atoms with Crippen molar-refractivity contribution in [2.75, 3.05) is 6.61 Å². The highest BCUT2D eigenvalue weighted by Gasteiger charge is 2.23. The number of hydrogen-bond acceptors (Lipinski definition) is 3. The molecule has 4 nitrogen and oxygen atoms in total. The molecule has 0 aliphatic carbocycles. The normalized spacial score (nSPS) is 20.9. The summed E-state index contributed by atoms with van der Waals surface area (Å²) in [5.41, 5.74) is 0. The molecule has 0 radical (unpaired) electrons. The maximum Gasteiger partial charge on any atom is 0.138 e. The minimum atomic E-state index is 0.199. The molecule has 1 unspecified atom stereocenters. The van der Waals surface area contributed by atoms with E-state index in [1.807, 2.05) is 0 Å². The summed E-state index contributed by atoms with van der Waals surface area (Å²) in [6.07, 6.45) is 4.26.